The molecule has 2 aliphatic heterocycles. The number of aliphatic hydroxyl groups is 1. The maximum absolute atomic E-state index is 13.2. The van der Waals surface area contributed by atoms with Crippen molar-refractivity contribution in [3.63, 3.8) is 0 Å². The van der Waals surface area contributed by atoms with Gasteiger partial charge in [0, 0.05) is 13.1 Å². The highest BCUT2D eigenvalue weighted by Gasteiger charge is 2.48. The van der Waals surface area contributed by atoms with E-state index in [0.717, 1.165) is 16.7 Å². The number of nitrogens with zero attached hydrogens (tertiary/aromatic N) is 1. The molecule has 1 amide bonds. The maximum Gasteiger partial charge on any atom is 0.256 e. The third-order valence-corrected chi connectivity index (χ3v) is 5.79. The summed E-state index contributed by atoms with van der Waals surface area (Å²) in [7, 11) is 1.62. The van der Waals surface area contributed by atoms with Gasteiger partial charge in [-0.15, -0.1) is 0 Å². The summed E-state index contributed by atoms with van der Waals surface area (Å²) in [6, 6.07) is 12.0. The Balaban J connectivity index is 1.74. The van der Waals surface area contributed by atoms with Crippen LogP contribution in [0.5, 0.6) is 0 Å². The number of carbonyl (C=O) groups excluding carboxylic acids is 1. The lowest BCUT2D eigenvalue weighted by molar-refractivity contribution is -0.152. The van der Waals surface area contributed by atoms with E-state index in [4.69, 9.17) is 4.84 Å². The number of amides is 1. The zero-order chi connectivity index (χ0) is 19.9. The molecule has 2 heterocycles. The molecule has 2 N–H and O–H groups in total. The molecule has 5 nitrogen and oxygen atoms in total. The van der Waals surface area contributed by atoms with Crippen LogP contribution >= 0.6 is 0 Å². The molecular formula is C22H23FN2O3. The highest BCUT2D eigenvalue weighted by molar-refractivity contribution is 6.23. The normalized spacial score (nSPS) is 19.3. The van der Waals surface area contributed by atoms with Crippen molar-refractivity contribution < 1.29 is 19.1 Å². The number of halogens is 1. The molecule has 28 heavy (non-hydrogen) atoms. The van der Waals surface area contributed by atoms with E-state index in [1.165, 1.54) is 12.1 Å². The van der Waals surface area contributed by atoms with Crippen LogP contribution in [-0.2, 0) is 9.63 Å². The van der Waals surface area contributed by atoms with Gasteiger partial charge in [-0.3, -0.25) is 4.79 Å². The van der Waals surface area contributed by atoms with E-state index in [-0.39, 0.29) is 17.5 Å². The Morgan fingerprint density at radius 3 is 2.39 bits per heavy atom. The minimum atomic E-state index is -0.736. The number of aliphatic hydroxyl groups excluding tert-OH is 1. The van der Waals surface area contributed by atoms with Crippen molar-refractivity contribution in [3.8, 4) is 11.1 Å². The summed E-state index contributed by atoms with van der Waals surface area (Å²) >= 11 is 0. The number of carbonyl (C=O) groups is 1. The minimum absolute atomic E-state index is 0.104. The second kappa shape index (κ2) is 7.04. The zero-order valence-corrected chi connectivity index (χ0v) is 16.0. The van der Waals surface area contributed by atoms with E-state index in [0.29, 0.717) is 37.1 Å². The minimum Gasteiger partial charge on any atom is -0.509 e. The molecule has 1 saturated heterocycles. The molecule has 146 valence electrons. The van der Waals surface area contributed by atoms with Gasteiger partial charge in [-0.25, -0.2) is 4.39 Å². The number of rotatable bonds is 3. The smallest absolute Gasteiger partial charge is 0.256 e. The van der Waals surface area contributed by atoms with E-state index in [1.54, 1.807) is 19.2 Å². The molecule has 0 aliphatic carbocycles. The molecule has 2 aliphatic rings. The Kier molecular flexibility index (Phi) is 4.69. The van der Waals surface area contributed by atoms with E-state index in [1.807, 2.05) is 30.2 Å². The zero-order valence-electron chi connectivity index (χ0n) is 16.0. The molecule has 2 aromatic carbocycles. The molecule has 0 bridgehead atoms. The first-order chi connectivity index (χ1) is 13.4. The highest BCUT2D eigenvalue weighted by Crippen LogP contribution is 2.40. The van der Waals surface area contributed by atoms with Gasteiger partial charge in [-0.05, 0) is 60.2 Å². The molecule has 2 aromatic rings. The van der Waals surface area contributed by atoms with Gasteiger partial charge in [0.2, 0.25) is 0 Å². The summed E-state index contributed by atoms with van der Waals surface area (Å²) < 4.78 is 13.2. The van der Waals surface area contributed by atoms with Crippen LogP contribution in [-0.4, -0.2) is 41.8 Å². The van der Waals surface area contributed by atoms with Crippen molar-refractivity contribution in [2.24, 2.45) is 0 Å². The van der Waals surface area contributed by atoms with Crippen LogP contribution in [0.4, 0.5) is 4.39 Å². The lowest BCUT2D eigenvalue weighted by Crippen LogP contribution is -2.52. The second-order valence-corrected chi connectivity index (χ2v) is 7.41. The number of nitrogens with one attached hydrogen (secondary N) is 1. The summed E-state index contributed by atoms with van der Waals surface area (Å²) in [6.45, 7) is 3.17. The van der Waals surface area contributed by atoms with Crippen LogP contribution in [0.15, 0.2) is 48.2 Å². The van der Waals surface area contributed by atoms with Crippen molar-refractivity contribution in [3.05, 3.63) is 65.2 Å². The van der Waals surface area contributed by atoms with Crippen LogP contribution in [0.25, 0.3) is 16.7 Å². The average molecular weight is 382 g/mol. The molecule has 1 fully saturated rings. The van der Waals surface area contributed by atoms with Crippen molar-refractivity contribution in [1.29, 1.82) is 0 Å². The summed E-state index contributed by atoms with van der Waals surface area (Å²) in [5.41, 5.74) is 2.90. The predicted octanol–water partition coefficient (Wildman–Crippen LogP) is 3.60. The topological polar surface area (TPSA) is 61.8 Å². The van der Waals surface area contributed by atoms with E-state index < -0.39 is 5.54 Å². The van der Waals surface area contributed by atoms with Gasteiger partial charge in [-0.1, -0.05) is 24.3 Å². The number of hydroxylamine groups is 2. The van der Waals surface area contributed by atoms with Crippen molar-refractivity contribution in [1.82, 2.24) is 10.4 Å². The molecular weight excluding hydrogens is 359 g/mol. The average Bonchev–Trinajstić information content (AvgIpc) is 2.93. The first kappa shape index (κ1) is 18.7. The predicted molar refractivity (Wildman–Crippen MR) is 105 cm³/mol. The van der Waals surface area contributed by atoms with Gasteiger partial charge < -0.3 is 15.3 Å². The van der Waals surface area contributed by atoms with Gasteiger partial charge in [0.1, 0.15) is 17.1 Å². The number of benzene rings is 2. The molecule has 0 unspecified atom stereocenters. The van der Waals surface area contributed by atoms with E-state index >= 15 is 0 Å². The molecule has 0 aromatic heterocycles. The highest BCUT2D eigenvalue weighted by atomic mass is 19.1. The fourth-order valence-corrected chi connectivity index (χ4v) is 4.06. The number of hydrogen-bond donors (Lipinski definition) is 2. The van der Waals surface area contributed by atoms with Crippen LogP contribution in [0.1, 0.15) is 24.0 Å². The number of hydrogen-bond acceptors (Lipinski definition) is 4. The molecule has 0 atom stereocenters. The number of aryl methyl sites for hydroxylation is 1. The summed E-state index contributed by atoms with van der Waals surface area (Å²) in [5, 5.41) is 15.9. The van der Waals surface area contributed by atoms with Gasteiger partial charge in [0.25, 0.3) is 5.91 Å². The largest absolute Gasteiger partial charge is 0.509 e. The lowest BCUT2D eigenvalue weighted by atomic mass is 9.85. The van der Waals surface area contributed by atoms with Crippen molar-refractivity contribution in [2.75, 3.05) is 20.2 Å². The van der Waals surface area contributed by atoms with E-state index in [2.05, 4.69) is 5.32 Å². The summed E-state index contributed by atoms with van der Waals surface area (Å²) in [4.78, 5) is 18.1. The first-order valence-electron chi connectivity index (χ1n) is 9.36. The Hall–Kier alpha value is -2.70. The first-order valence-corrected chi connectivity index (χ1v) is 9.36. The van der Waals surface area contributed by atoms with Crippen LogP contribution in [0.2, 0.25) is 0 Å². The molecule has 4 rings (SSSR count). The molecule has 0 radical (unpaired) electrons. The monoisotopic (exact) mass is 382 g/mol. The SMILES string of the molecule is CON1CCC2(CC1)NC(=O)C(c1cc(-c3ccc(F)cc3)ccc1C)=C2O. The van der Waals surface area contributed by atoms with Crippen molar-refractivity contribution >= 4 is 11.5 Å². The molecule has 6 heteroatoms. The number of piperidine rings is 1. The van der Waals surface area contributed by atoms with Crippen LogP contribution in [0, 0.1) is 12.7 Å². The molecule has 0 saturated carbocycles. The summed E-state index contributed by atoms with van der Waals surface area (Å²) in [6.07, 6.45) is 1.16. The Morgan fingerprint density at radius 2 is 1.75 bits per heavy atom. The third-order valence-electron chi connectivity index (χ3n) is 5.79. The maximum atomic E-state index is 13.2. The standard InChI is InChI=1S/C22H23FN2O3/c1-14-3-4-16(15-5-7-17(23)8-6-15)13-18(14)19-20(26)22(24-21(19)27)9-11-25(28-2)12-10-22/h3-8,13,26H,9-12H2,1-2H3,(H,24,27). The Bertz CT molecular complexity index is 945. The lowest BCUT2D eigenvalue weighted by Gasteiger charge is -2.37. The van der Waals surface area contributed by atoms with E-state index in [9.17, 15) is 14.3 Å². The summed E-state index contributed by atoms with van der Waals surface area (Å²) in [5.74, 6) is -0.453. The van der Waals surface area contributed by atoms with Gasteiger partial charge in [0.05, 0.1) is 12.7 Å². The Labute approximate surface area is 163 Å². The second-order valence-electron chi connectivity index (χ2n) is 7.41. The molecule has 1 spiro atoms. The van der Waals surface area contributed by atoms with Crippen molar-refractivity contribution in [2.45, 2.75) is 25.3 Å². The quantitative estimate of drug-likeness (QED) is 0.852. The van der Waals surface area contributed by atoms with Gasteiger partial charge in [-0.2, -0.15) is 5.06 Å². The fourth-order valence-electron chi connectivity index (χ4n) is 4.06. The fraction of sp³-hybridized carbons (Fsp3) is 0.318. The van der Waals surface area contributed by atoms with Crippen LogP contribution in [0.3, 0.4) is 0 Å². The Morgan fingerprint density at radius 1 is 1.11 bits per heavy atom. The van der Waals surface area contributed by atoms with Gasteiger partial charge in [0.15, 0.2) is 0 Å². The van der Waals surface area contributed by atoms with Gasteiger partial charge >= 0.3 is 0 Å². The third kappa shape index (κ3) is 3.08. The van der Waals surface area contributed by atoms with Crippen LogP contribution < -0.4 is 5.32 Å².